The third kappa shape index (κ3) is 1.52. The van der Waals surface area contributed by atoms with E-state index >= 15 is 0 Å². The molecular formula is C7H7ClN2OS. The first-order valence-corrected chi connectivity index (χ1v) is 4.23. The Morgan fingerprint density at radius 3 is 2.83 bits per heavy atom. The molecule has 0 bridgehead atoms. The van der Waals surface area contributed by atoms with Crippen molar-refractivity contribution in [2.24, 2.45) is 0 Å². The number of hydrogen-bond donors (Lipinski definition) is 0. The Hall–Kier alpha value is -0.790. The second-order valence-electron chi connectivity index (χ2n) is 2.28. The molecule has 1 amide bonds. The lowest BCUT2D eigenvalue weighted by Crippen LogP contribution is -2.31. The lowest BCUT2D eigenvalue weighted by atomic mass is 10.5. The zero-order valence-electron chi connectivity index (χ0n) is 6.29. The Morgan fingerprint density at radius 1 is 1.75 bits per heavy atom. The number of carbonyl (C=O) groups is 1. The number of nitrogens with zero attached hydrogens (tertiary/aromatic N) is 2. The summed E-state index contributed by atoms with van der Waals surface area (Å²) in [5.74, 6) is 2.33. The van der Waals surface area contributed by atoms with Crippen molar-refractivity contribution in [2.75, 3.05) is 19.1 Å². The molecular weight excluding hydrogens is 196 g/mol. The van der Waals surface area contributed by atoms with E-state index in [1.165, 1.54) is 4.90 Å². The minimum absolute atomic E-state index is 0.0924. The van der Waals surface area contributed by atoms with Crippen LogP contribution in [0.3, 0.4) is 0 Å². The van der Waals surface area contributed by atoms with Crippen LogP contribution in [0.25, 0.3) is 0 Å². The standard InChI is InChI=1S/C7H7ClN2OS/c1-2-3-9-4-6(11)10(5-8)7(9)12/h1H,3-5H2. The minimum Gasteiger partial charge on any atom is -0.328 e. The molecule has 0 aliphatic carbocycles. The number of terminal acetylenes is 1. The van der Waals surface area contributed by atoms with Gasteiger partial charge < -0.3 is 4.90 Å². The molecule has 0 unspecified atom stereocenters. The van der Waals surface area contributed by atoms with Crippen LogP contribution >= 0.6 is 23.8 Å². The second-order valence-corrected chi connectivity index (χ2v) is 2.89. The lowest BCUT2D eigenvalue weighted by Gasteiger charge is -2.15. The van der Waals surface area contributed by atoms with E-state index in [9.17, 15) is 4.79 Å². The highest BCUT2D eigenvalue weighted by Gasteiger charge is 2.30. The maximum atomic E-state index is 11.1. The van der Waals surface area contributed by atoms with Gasteiger partial charge in [-0.2, -0.15) is 0 Å². The summed E-state index contributed by atoms with van der Waals surface area (Å²) in [7, 11) is 0. The molecule has 0 aromatic carbocycles. The molecule has 1 rings (SSSR count). The average Bonchev–Trinajstić information content (AvgIpc) is 2.29. The van der Waals surface area contributed by atoms with E-state index in [1.807, 2.05) is 0 Å². The third-order valence-corrected chi connectivity index (χ3v) is 2.25. The molecule has 1 fully saturated rings. The predicted molar refractivity (Wildman–Crippen MR) is 50.6 cm³/mol. The zero-order chi connectivity index (χ0) is 9.14. The molecule has 0 saturated carbocycles. The molecule has 0 spiro atoms. The van der Waals surface area contributed by atoms with E-state index in [0.717, 1.165) is 0 Å². The molecule has 1 aliphatic heterocycles. The van der Waals surface area contributed by atoms with E-state index in [4.69, 9.17) is 30.2 Å². The molecule has 5 heteroatoms. The zero-order valence-corrected chi connectivity index (χ0v) is 7.86. The van der Waals surface area contributed by atoms with Gasteiger partial charge in [-0.1, -0.05) is 5.92 Å². The summed E-state index contributed by atoms with van der Waals surface area (Å²) >= 11 is 10.5. The Kier molecular flexibility index (Phi) is 2.90. The van der Waals surface area contributed by atoms with Crippen LogP contribution in [0.5, 0.6) is 0 Å². The summed E-state index contributed by atoms with van der Waals surface area (Å²) in [5, 5.41) is 0.424. The van der Waals surface area contributed by atoms with Gasteiger partial charge in [0, 0.05) is 0 Å². The number of rotatable bonds is 2. The van der Waals surface area contributed by atoms with Crippen LogP contribution < -0.4 is 0 Å². The Balaban J connectivity index is 2.70. The summed E-state index contributed by atoms with van der Waals surface area (Å²) in [4.78, 5) is 14.1. The Bertz CT molecular complexity index is 261. The molecule has 64 valence electrons. The van der Waals surface area contributed by atoms with Crippen LogP contribution in [-0.4, -0.2) is 39.9 Å². The van der Waals surface area contributed by atoms with Gasteiger partial charge in [-0.15, -0.1) is 18.0 Å². The SMILES string of the molecule is C#CCN1CC(=O)N(CCl)C1=S. The molecule has 1 saturated heterocycles. The largest absolute Gasteiger partial charge is 0.328 e. The molecule has 0 N–H and O–H groups in total. The van der Waals surface area contributed by atoms with E-state index in [-0.39, 0.29) is 18.5 Å². The first kappa shape index (κ1) is 9.30. The lowest BCUT2D eigenvalue weighted by molar-refractivity contribution is -0.124. The van der Waals surface area contributed by atoms with Crippen LogP contribution in [0.15, 0.2) is 0 Å². The average molecular weight is 203 g/mol. The van der Waals surface area contributed by atoms with Crippen molar-refractivity contribution in [1.29, 1.82) is 0 Å². The van der Waals surface area contributed by atoms with Crippen molar-refractivity contribution < 1.29 is 4.79 Å². The molecule has 0 aromatic rings. The Morgan fingerprint density at radius 2 is 2.42 bits per heavy atom. The van der Waals surface area contributed by atoms with E-state index in [2.05, 4.69) is 5.92 Å². The summed E-state index contributed by atoms with van der Waals surface area (Å²) in [6, 6.07) is 0.0960. The second kappa shape index (κ2) is 3.74. The van der Waals surface area contributed by atoms with Crippen molar-refractivity contribution in [3.8, 4) is 12.3 Å². The molecule has 0 radical (unpaired) electrons. The molecule has 12 heavy (non-hydrogen) atoms. The van der Waals surface area contributed by atoms with Gasteiger partial charge in [0.15, 0.2) is 5.11 Å². The summed E-state index contributed by atoms with van der Waals surface area (Å²) < 4.78 is 0. The minimum atomic E-state index is -0.0924. The maximum Gasteiger partial charge on any atom is 0.249 e. The van der Waals surface area contributed by atoms with E-state index in [1.54, 1.807) is 4.90 Å². The monoisotopic (exact) mass is 202 g/mol. The van der Waals surface area contributed by atoms with E-state index in [0.29, 0.717) is 11.7 Å². The first-order chi connectivity index (χ1) is 5.70. The van der Waals surface area contributed by atoms with Crippen molar-refractivity contribution in [1.82, 2.24) is 9.80 Å². The number of carbonyl (C=O) groups excluding carboxylic acids is 1. The fraction of sp³-hybridized carbons (Fsp3) is 0.429. The van der Waals surface area contributed by atoms with Gasteiger partial charge in [0.1, 0.15) is 12.5 Å². The summed E-state index contributed by atoms with van der Waals surface area (Å²) in [6.45, 7) is 0.605. The fourth-order valence-electron chi connectivity index (χ4n) is 0.945. The highest BCUT2D eigenvalue weighted by molar-refractivity contribution is 7.80. The highest BCUT2D eigenvalue weighted by atomic mass is 35.5. The van der Waals surface area contributed by atoms with Crippen LogP contribution in [0.1, 0.15) is 0 Å². The number of thiocarbonyl (C=S) groups is 1. The van der Waals surface area contributed by atoms with Crippen molar-refractivity contribution in [2.45, 2.75) is 0 Å². The first-order valence-electron chi connectivity index (χ1n) is 3.29. The third-order valence-electron chi connectivity index (χ3n) is 1.53. The number of amides is 1. The van der Waals surface area contributed by atoms with Crippen molar-refractivity contribution >= 4 is 34.8 Å². The van der Waals surface area contributed by atoms with Crippen molar-refractivity contribution in [3.05, 3.63) is 0 Å². The smallest absolute Gasteiger partial charge is 0.249 e. The van der Waals surface area contributed by atoms with Gasteiger partial charge in [-0.25, -0.2) is 0 Å². The van der Waals surface area contributed by atoms with Gasteiger partial charge in [0.2, 0.25) is 5.91 Å². The molecule has 0 atom stereocenters. The predicted octanol–water partition coefficient (Wildman–Crippen LogP) is 0.245. The normalized spacial score (nSPS) is 17.0. The summed E-state index contributed by atoms with van der Waals surface area (Å²) in [5.41, 5.74) is 0. The van der Waals surface area contributed by atoms with Gasteiger partial charge in [0.05, 0.1) is 6.54 Å². The summed E-state index contributed by atoms with van der Waals surface area (Å²) in [6.07, 6.45) is 5.09. The molecule has 0 aromatic heterocycles. The Labute approximate surface area is 81.3 Å². The topological polar surface area (TPSA) is 23.6 Å². The fourth-order valence-corrected chi connectivity index (χ4v) is 1.56. The van der Waals surface area contributed by atoms with Gasteiger partial charge in [0.25, 0.3) is 0 Å². The van der Waals surface area contributed by atoms with Gasteiger partial charge in [-0.3, -0.25) is 9.69 Å². The molecule has 1 aliphatic rings. The van der Waals surface area contributed by atoms with Crippen LogP contribution in [0.2, 0.25) is 0 Å². The van der Waals surface area contributed by atoms with Crippen LogP contribution in [0, 0.1) is 12.3 Å². The number of alkyl halides is 1. The van der Waals surface area contributed by atoms with Gasteiger partial charge >= 0.3 is 0 Å². The van der Waals surface area contributed by atoms with E-state index < -0.39 is 0 Å². The quantitative estimate of drug-likeness (QED) is 0.278. The molecule has 3 nitrogen and oxygen atoms in total. The number of halogens is 1. The highest BCUT2D eigenvalue weighted by Crippen LogP contribution is 2.10. The van der Waals surface area contributed by atoms with Crippen LogP contribution in [-0.2, 0) is 4.79 Å². The molecule has 1 heterocycles. The van der Waals surface area contributed by atoms with Crippen LogP contribution in [0.4, 0.5) is 0 Å². The maximum absolute atomic E-state index is 11.1. The van der Waals surface area contributed by atoms with Gasteiger partial charge in [-0.05, 0) is 12.2 Å². The van der Waals surface area contributed by atoms with Crippen molar-refractivity contribution in [3.63, 3.8) is 0 Å². The number of hydrogen-bond acceptors (Lipinski definition) is 2.